The molecule has 1 aliphatic rings. The molecule has 0 bridgehead atoms. The van der Waals surface area contributed by atoms with Gasteiger partial charge in [0, 0.05) is 37.6 Å². The van der Waals surface area contributed by atoms with Gasteiger partial charge in [0.05, 0.1) is 12.2 Å². The number of rotatable bonds is 6. The molecule has 0 saturated carbocycles. The molecule has 0 spiro atoms. The molecule has 29 heavy (non-hydrogen) atoms. The summed E-state index contributed by atoms with van der Waals surface area (Å²) in [6.45, 7) is 7.29. The average molecular weight is 414 g/mol. The molecule has 0 radical (unpaired) electrons. The fourth-order valence-corrected chi connectivity index (χ4v) is 4.23. The Kier molecular flexibility index (Phi) is 7.63. The van der Waals surface area contributed by atoms with Gasteiger partial charge in [-0.15, -0.1) is 11.3 Å². The Labute approximate surface area is 177 Å². The van der Waals surface area contributed by atoms with Gasteiger partial charge in [-0.2, -0.15) is 0 Å². The van der Waals surface area contributed by atoms with Crippen molar-refractivity contribution in [1.82, 2.24) is 20.5 Å². The van der Waals surface area contributed by atoms with Gasteiger partial charge < -0.3 is 15.5 Å². The van der Waals surface area contributed by atoms with Crippen LogP contribution in [0.2, 0.25) is 0 Å². The zero-order chi connectivity index (χ0) is 20.6. The fraction of sp³-hybridized carbons (Fsp3) is 0.500. The van der Waals surface area contributed by atoms with Gasteiger partial charge in [-0.25, -0.2) is 4.98 Å². The predicted octanol–water partition coefficient (Wildman–Crippen LogP) is 3.76. The molecule has 7 heteroatoms. The highest BCUT2D eigenvalue weighted by atomic mass is 32.1. The van der Waals surface area contributed by atoms with Gasteiger partial charge >= 0.3 is 0 Å². The number of likely N-dealkylation sites (tertiary alicyclic amines) is 1. The third-order valence-electron chi connectivity index (χ3n) is 5.07. The van der Waals surface area contributed by atoms with Crippen LogP contribution < -0.4 is 10.6 Å². The van der Waals surface area contributed by atoms with Gasteiger partial charge in [-0.05, 0) is 42.9 Å². The molecular formula is C22H31N5OS. The number of nitrogens with zero attached hydrogens (tertiary/aromatic N) is 3. The molecule has 2 heterocycles. The summed E-state index contributed by atoms with van der Waals surface area (Å²) in [5, 5.41) is 9.79. The minimum absolute atomic E-state index is 0.138. The molecule has 1 saturated heterocycles. The lowest BCUT2D eigenvalue weighted by Crippen LogP contribution is -2.37. The lowest BCUT2D eigenvalue weighted by atomic mass is 10.1. The highest BCUT2D eigenvalue weighted by Crippen LogP contribution is 2.17. The maximum atomic E-state index is 12.7. The first-order chi connectivity index (χ1) is 14.1. The van der Waals surface area contributed by atoms with Crippen molar-refractivity contribution in [3.63, 3.8) is 0 Å². The van der Waals surface area contributed by atoms with Gasteiger partial charge in [0.1, 0.15) is 5.01 Å². The second-order valence-electron chi connectivity index (χ2n) is 7.65. The predicted molar refractivity (Wildman–Crippen MR) is 119 cm³/mol. The summed E-state index contributed by atoms with van der Waals surface area (Å²) >= 11 is 1.66. The molecule has 1 aromatic heterocycles. The summed E-state index contributed by atoms with van der Waals surface area (Å²) in [4.78, 5) is 23.6. The first-order valence-corrected chi connectivity index (χ1v) is 11.2. The van der Waals surface area contributed by atoms with E-state index < -0.39 is 0 Å². The SMILES string of the molecule is CN=C(NCc1cccc(C(=O)N2CCCCC2)c1)NCc1nc(C(C)C)cs1. The Hall–Kier alpha value is -2.41. The lowest BCUT2D eigenvalue weighted by molar-refractivity contribution is 0.0724. The van der Waals surface area contributed by atoms with E-state index >= 15 is 0 Å². The average Bonchev–Trinajstić information content (AvgIpc) is 3.24. The second-order valence-corrected chi connectivity index (χ2v) is 8.60. The van der Waals surface area contributed by atoms with E-state index in [0.717, 1.165) is 53.7 Å². The third-order valence-corrected chi connectivity index (χ3v) is 5.94. The molecule has 0 aliphatic carbocycles. The van der Waals surface area contributed by atoms with E-state index in [4.69, 9.17) is 0 Å². The van der Waals surface area contributed by atoms with E-state index in [2.05, 4.69) is 39.8 Å². The van der Waals surface area contributed by atoms with Gasteiger partial charge in [-0.1, -0.05) is 26.0 Å². The summed E-state index contributed by atoms with van der Waals surface area (Å²) in [5.41, 5.74) is 2.95. The molecule has 156 valence electrons. The van der Waals surface area contributed by atoms with Crippen molar-refractivity contribution in [2.45, 2.75) is 52.1 Å². The van der Waals surface area contributed by atoms with Crippen LogP contribution >= 0.6 is 11.3 Å². The Bertz CT molecular complexity index is 839. The van der Waals surface area contributed by atoms with E-state index in [0.29, 0.717) is 19.0 Å². The van der Waals surface area contributed by atoms with Crippen LogP contribution in [0.3, 0.4) is 0 Å². The van der Waals surface area contributed by atoms with Gasteiger partial charge in [0.15, 0.2) is 5.96 Å². The molecule has 1 aliphatic heterocycles. The number of amides is 1. The van der Waals surface area contributed by atoms with Gasteiger partial charge in [-0.3, -0.25) is 9.79 Å². The third kappa shape index (κ3) is 6.03. The van der Waals surface area contributed by atoms with Crippen LogP contribution in [-0.2, 0) is 13.1 Å². The molecule has 1 aromatic carbocycles. The summed E-state index contributed by atoms with van der Waals surface area (Å²) in [6.07, 6.45) is 3.43. The number of thiazole rings is 1. The van der Waals surface area contributed by atoms with Crippen LogP contribution in [0.4, 0.5) is 0 Å². The van der Waals surface area contributed by atoms with E-state index in [1.54, 1.807) is 18.4 Å². The van der Waals surface area contributed by atoms with Crippen LogP contribution in [0.1, 0.15) is 65.7 Å². The van der Waals surface area contributed by atoms with Crippen molar-refractivity contribution in [1.29, 1.82) is 0 Å². The quantitative estimate of drug-likeness (QED) is 0.559. The smallest absolute Gasteiger partial charge is 0.253 e. The van der Waals surface area contributed by atoms with Crippen molar-refractivity contribution in [2.75, 3.05) is 20.1 Å². The van der Waals surface area contributed by atoms with Crippen molar-refractivity contribution >= 4 is 23.2 Å². The molecule has 6 nitrogen and oxygen atoms in total. The number of nitrogens with one attached hydrogen (secondary N) is 2. The standard InChI is InChI=1S/C22H31N5OS/c1-16(2)19-15-29-20(26-19)14-25-22(23-3)24-13-17-8-7-9-18(12-17)21(28)27-10-5-4-6-11-27/h7-9,12,15-16H,4-6,10-11,13-14H2,1-3H3,(H2,23,24,25). The number of hydrogen-bond acceptors (Lipinski definition) is 4. The molecular weight excluding hydrogens is 382 g/mol. The maximum Gasteiger partial charge on any atom is 0.253 e. The van der Waals surface area contributed by atoms with Crippen molar-refractivity contribution in [3.8, 4) is 0 Å². The number of aliphatic imine (C=N–C) groups is 1. The number of hydrogen-bond donors (Lipinski definition) is 2. The van der Waals surface area contributed by atoms with Gasteiger partial charge in [0.25, 0.3) is 5.91 Å². The van der Waals surface area contributed by atoms with E-state index in [1.807, 2.05) is 29.2 Å². The van der Waals surface area contributed by atoms with E-state index in [9.17, 15) is 4.79 Å². The summed E-state index contributed by atoms with van der Waals surface area (Å²) in [5.74, 6) is 1.30. The molecule has 0 unspecified atom stereocenters. The Morgan fingerprint density at radius 3 is 2.66 bits per heavy atom. The molecule has 2 N–H and O–H groups in total. The number of aromatic nitrogens is 1. The van der Waals surface area contributed by atoms with Crippen LogP contribution in [0, 0.1) is 0 Å². The van der Waals surface area contributed by atoms with Crippen LogP contribution in [0.5, 0.6) is 0 Å². The topological polar surface area (TPSA) is 69.6 Å². The molecule has 1 amide bonds. The zero-order valence-electron chi connectivity index (χ0n) is 17.6. The van der Waals surface area contributed by atoms with Crippen molar-refractivity contribution in [2.24, 2.45) is 4.99 Å². The number of piperidine rings is 1. The largest absolute Gasteiger partial charge is 0.352 e. The zero-order valence-corrected chi connectivity index (χ0v) is 18.4. The fourth-order valence-electron chi connectivity index (χ4n) is 3.33. The Morgan fingerprint density at radius 1 is 1.21 bits per heavy atom. The first kappa shape index (κ1) is 21.3. The summed E-state index contributed by atoms with van der Waals surface area (Å²) in [7, 11) is 1.76. The lowest BCUT2D eigenvalue weighted by Gasteiger charge is -2.26. The maximum absolute atomic E-state index is 12.7. The number of carbonyl (C=O) groups excluding carboxylic acids is 1. The molecule has 1 fully saturated rings. The number of guanidine groups is 1. The summed E-state index contributed by atoms with van der Waals surface area (Å²) in [6, 6.07) is 7.87. The first-order valence-electron chi connectivity index (χ1n) is 10.3. The van der Waals surface area contributed by atoms with E-state index in [-0.39, 0.29) is 5.91 Å². The Morgan fingerprint density at radius 2 is 1.97 bits per heavy atom. The van der Waals surface area contributed by atoms with E-state index in [1.165, 1.54) is 6.42 Å². The molecule has 2 aromatic rings. The minimum Gasteiger partial charge on any atom is -0.352 e. The van der Waals surface area contributed by atoms with Crippen molar-refractivity contribution < 1.29 is 4.79 Å². The summed E-state index contributed by atoms with van der Waals surface area (Å²) < 4.78 is 0. The second kappa shape index (κ2) is 10.4. The minimum atomic E-state index is 0.138. The molecule has 3 rings (SSSR count). The Balaban J connectivity index is 1.53. The van der Waals surface area contributed by atoms with Gasteiger partial charge in [0.2, 0.25) is 0 Å². The normalized spacial score (nSPS) is 14.9. The number of benzene rings is 1. The van der Waals surface area contributed by atoms with Crippen LogP contribution in [0.25, 0.3) is 0 Å². The molecule has 0 atom stereocenters. The van der Waals surface area contributed by atoms with Crippen LogP contribution in [-0.4, -0.2) is 41.9 Å². The highest BCUT2D eigenvalue weighted by molar-refractivity contribution is 7.09. The monoisotopic (exact) mass is 413 g/mol. The number of carbonyl (C=O) groups is 1. The van der Waals surface area contributed by atoms with Crippen molar-refractivity contribution in [3.05, 3.63) is 51.5 Å². The highest BCUT2D eigenvalue weighted by Gasteiger charge is 2.18. The van der Waals surface area contributed by atoms with Crippen LogP contribution in [0.15, 0.2) is 34.6 Å².